The van der Waals surface area contributed by atoms with Crippen molar-refractivity contribution in [2.45, 2.75) is 13.5 Å². The summed E-state index contributed by atoms with van der Waals surface area (Å²) >= 11 is 0. The van der Waals surface area contributed by atoms with Gasteiger partial charge in [-0.05, 0) is 24.6 Å². The SMILES string of the molecule is C/C(=N/N1CCOCC1)c1ccccc1OCc1ccccc1. The van der Waals surface area contributed by atoms with Gasteiger partial charge in [0.1, 0.15) is 12.4 Å². The van der Waals surface area contributed by atoms with Gasteiger partial charge in [0, 0.05) is 5.56 Å². The van der Waals surface area contributed by atoms with Gasteiger partial charge in [-0.2, -0.15) is 5.10 Å². The molecule has 0 amide bonds. The average molecular weight is 310 g/mol. The van der Waals surface area contributed by atoms with E-state index >= 15 is 0 Å². The fraction of sp³-hybridized carbons (Fsp3) is 0.316. The zero-order valence-electron chi connectivity index (χ0n) is 13.4. The van der Waals surface area contributed by atoms with Gasteiger partial charge >= 0.3 is 0 Å². The Morgan fingerprint density at radius 2 is 1.74 bits per heavy atom. The predicted molar refractivity (Wildman–Crippen MR) is 91.8 cm³/mol. The average Bonchev–Trinajstić information content (AvgIpc) is 2.62. The monoisotopic (exact) mass is 310 g/mol. The van der Waals surface area contributed by atoms with Crippen LogP contribution in [0.25, 0.3) is 0 Å². The van der Waals surface area contributed by atoms with Crippen molar-refractivity contribution >= 4 is 5.71 Å². The van der Waals surface area contributed by atoms with Crippen LogP contribution in [0.4, 0.5) is 0 Å². The smallest absolute Gasteiger partial charge is 0.128 e. The third kappa shape index (κ3) is 4.33. The molecule has 4 heteroatoms. The Balaban J connectivity index is 1.73. The van der Waals surface area contributed by atoms with Crippen LogP contribution >= 0.6 is 0 Å². The van der Waals surface area contributed by atoms with Gasteiger partial charge in [-0.15, -0.1) is 0 Å². The molecule has 2 aromatic rings. The van der Waals surface area contributed by atoms with Gasteiger partial charge in [-0.25, -0.2) is 0 Å². The molecule has 23 heavy (non-hydrogen) atoms. The molecule has 0 unspecified atom stereocenters. The van der Waals surface area contributed by atoms with Crippen LogP contribution < -0.4 is 4.74 Å². The number of morpholine rings is 1. The number of hydrogen-bond acceptors (Lipinski definition) is 4. The summed E-state index contributed by atoms with van der Waals surface area (Å²) in [6, 6.07) is 18.3. The fourth-order valence-electron chi connectivity index (χ4n) is 2.55. The van der Waals surface area contributed by atoms with Crippen molar-refractivity contribution in [3.63, 3.8) is 0 Å². The molecule has 1 heterocycles. The Morgan fingerprint density at radius 3 is 2.52 bits per heavy atom. The van der Waals surface area contributed by atoms with Crippen molar-refractivity contribution < 1.29 is 9.47 Å². The molecule has 0 aliphatic carbocycles. The number of ether oxygens (including phenoxy) is 2. The van der Waals surface area contributed by atoms with E-state index in [1.165, 1.54) is 0 Å². The van der Waals surface area contributed by atoms with Crippen LogP contribution in [-0.2, 0) is 11.3 Å². The first kappa shape index (κ1) is 15.6. The minimum atomic E-state index is 0.558. The topological polar surface area (TPSA) is 34.1 Å². The van der Waals surface area contributed by atoms with Gasteiger partial charge in [0.25, 0.3) is 0 Å². The molecule has 2 aromatic carbocycles. The molecule has 0 radical (unpaired) electrons. The van der Waals surface area contributed by atoms with Crippen LogP contribution in [0, 0.1) is 0 Å². The lowest BCUT2D eigenvalue weighted by atomic mass is 10.1. The van der Waals surface area contributed by atoms with Gasteiger partial charge in [-0.3, -0.25) is 5.01 Å². The van der Waals surface area contributed by atoms with Crippen LogP contribution in [0.2, 0.25) is 0 Å². The van der Waals surface area contributed by atoms with E-state index in [4.69, 9.17) is 14.6 Å². The highest BCUT2D eigenvalue weighted by molar-refractivity contribution is 6.00. The molecule has 1 fully saturated rings. The van der Waals surface area contributed by atoms with E-state index in [0.717, 1.165) is 48.9 Å². The Bertz CT molecular complexity index is 649. The van der Waals surface area contributed by atoms with Crippen molar-refractivity contribution in [3.8, 4) is 5.75 Å². The normalized spacial score (nSPS) is 15.5. The summed E-state index contributed by atoms with van der Waals surface area (Å²) < 4.78 is 11.4. The summed E-state index contributed by atoms with van der Waals surface area (Å²) in [6.45, 7) is 5.74. The quantitative estimate of drug-likeness (QED) is 0.795. The maximum absolute atomic E-state index is 6.01. The summed E-state index contributed by atoms with van der Waals surface area (Å²) in [5.74, 6) is 0.867. The third-order valence-corrected chi connectivity index (χ3v) is 3.79. The van der Waals surface area contributed by atoms with E-state index in [0.29, 0.717) is 6.61 Å². The Morgan fingerprint density at radius 1 is 1.04 bits per heavy atom. The summed E-state index contributed by atoms with van der Waals surface area (Å²) in [5.41, 5.74) is 3.16. The zero-order chi connectivity index (χ0) is 15.9. The molecule has 0 N–H and O–H groups in total. The Kier molecular flexibility index (Phi) is 5.27. The molecule has 1 aliphatic rings. The van der Waals surface area contributed by atoms with Crippen molar-refractivity contribution in [2.75, 3.05) is 26.3 Å². The minimum absolute atomic E-state index is 0.558. The van der Waals surface area contributed by atoms with Gasteiger partial charge in [0.2, 0.25) is 0 Å². The van der Waals surface area contributed by atoms with Crippen molar-refractivity contribution in [3.05, 3.63) is 65.7 Å². The molecule has 3 rings (SSSR count). The Hall–Kier alpha value is -2.33. The summed E-state index contributed by atoms with van der Waals surface area (Å²) in [4.78, 5) is 0. The lowest BCUT2D eigenvalue weighted by Crippen LogP contribution is -2.33. The van der Waals surface area contributed by atoms with E-state index in [1.807, 2.05) is 43.3 Å². The van der Waals surface area contributed by atoms with Crippen molar-refractivity contribution in [2.24, 2.45) is 5.10 Å². The molecular formula is C19H22N2O2. The van der Waals surface area contributed by atoms with Gasteiger partial charge in [0.05, 0.1) is 32.0 Å². The molecule has 1 aliphatic heterocycles. The lowest BCUT2D eigenvalue weighted by Gasteiger charge is -2.24. The highest BCUT2D eigenvalue weighted by atomic mass is 16.5. The molecule has 0 aromatic heterocycles. The summed E-state index contributed by atoms with van der Waals surface area (Å²) in [6.07, 6.45) is 0. The van der Waals surface area contributed by atoms with Gasteiger partial charge < -0.3 is 9.47 Å². The molecule has 4 nitrogen and oxygen atoms in total. The first-order valence-electron chi connectivity index (χ1n) is 7.97. The summed E-state index contributed by atoms with van der Waals surface area (Å²) in [7, 11) is 0. The van der Waals surface area contributed by atoms with E-state index in [-0.39, 0.29) is 0 Å². The Labute approximate surface area is 137 Å². The second kappa shape index (κ2) is 7.79. The van der Waals surface area contributed by atoms with Crippen LogP contribution in [0.1, 0.15) is 18.1 Å². The highest BCUT2D eigenvalue weighted by Gasteiger charge is 2.11. The number of benzene rings is 2. The maximum Gasteiger partial charge on any atom is 0.128 e. The second-order valence-electron chi connectivity index (χ2n) is 5.52. The maximum atomic E-state index is 6.01. The first-order chi connectivity index (χ1) is 11.3. The van der Waals surface area contributed by atoms with E-state index in [2.05, 4.69) is 23.2 Å². The standard InChI is InChI=1S/C19H22N2O2/c1-16(20-21-11-13-22-14-12-21)18-9-5-6-10-19(18)23-15-17-7-3-2-4-8-17/h2-10H,11-15H2,1H3/b20-16-. The van der Waals surface area contributed by atoms with Crippen molar-refractivity contribution in [1.82, 2.24) is 5.01 Å². The molecule has 120 valence electrons. The minimum Gasteiger partial charge on any atom is -0.488 e. The second-order valence-corrected chi connectivity index (χ2v) is 5.52. The van der Waals surface area contributed by atoms with E-state index < -0.39 is 0 Å². The largest absolute Gasteiger partial charge is 0.488 e. The molecule has 0 atom stereocenters. The third-order valence-electron chi connectivity index (χ3n) is 3.79. The number of para-hydroxylation sites is 1. The van der Waals surface area contributed by atoms with Crippen molar-refractivity contribution in [1.29, 1.82) is 0 Å². The van der Waals surface area contributed by atoms with Crippen LogP contribution in [0.15, 0.2) is 59.7 Å². The lowest BCUT2D eigenvalue weighted by molar-refractivity contribution is 0.0393. The zero-order valence-corrected chi connectivity index (χ0v) is 13.4. The molecule has 0 bridgehead atoms. The predicted octanol–water partition coefficient (Wildman–Crippen LogP) is 3.32. The highest BCUT2D eigenvalue weighted by Crippen LogP contribution is 2.21. The first-order valence-corrected chi connectivity index (χ1v) is 7.97. The number of hydrogen-bond donors (Lipinski definition) is 0. The number of nitrogens with zero attached hydrogens (tertiary/aromatic N) is 2. The molecular weight excluding hydrogens is 288 g/mol. The van der Waals surface area contributed by atoms with E-state index in [9.17, 15) is 0 Å². The molecule has 1 saturated heterocycles. The van der Waals surface area contributed by atoms with Crippen LogP contribution in [-0.4, -0.2) is 37.0 Å². The van der Waals surface area contributed by atoms with Gasteiger partial charge in [-0.1, -0.05) is 42.5 Å². The molecule has 0 spiro atoms. The molecule has 0 saturated carbocycles. The van der Waals surface area contributed by atoms with Crippen LogP contribution in [0.5, 0.6) is 5.75 Å². The van der Waals surface area contributed by atoms with Crippen LogP contribution in [0.3, 0.4) is 0 Å². The van der Waals surface area contributed by atoms with E-state index in [1.54, 1.807) is 0 Å². The number of rotatable bonds is 5. The summed E-state index contributed by atoms with van der Waals surface area (Å²) in [5, 5.41) is 6.77. The number of hydrazone groups is 1. The fourth-order valence-corrected chi connectivity index (χ4v) is 2.55. The van der Waals surface area contributed by atoms with Gasteiger partial charge in [0.15, 0.2) is 0 Å².